The molecule has 1 aliphatic rings. The first kappa shape index (κ1) is 25.2. The molecule has 1 saturated heterocycles. The van der Waals surface area contributed by atoms with Gasteiger partial charge in [-0.25, -0.2) is 9.37 Å². The molecule has 1 unspecified atom stereocenters. The predicted molar refractivity (Wildman–Crippen MR) is 141 cm³/mol. The van der Waals surface area contributed by atoms with Gasteiger partial charge in [0.1, 0.15) is 17.6 Å². The van der Waals surface area contributed by atoms with Crippen molar-refractivity contribution in [2.75, 3.05) is 6.54 Å². The van der Waals surface area contributed by atoms with Crippen LogP contribution in [-0.2, 0) is 17.9 Å². The van der Waals surface area contributed by atoms with E-state index in [1.165, 1.54) is 12.1 Å². The first-order valence-corrected chi connectivity index (χ1v) is 12.5. The highest BCUT2D eigenvalue weighted by Gasteiger charge is 2.37. The molecular weight excluding hydrogens is 481 g/mol. The molecule has 192 valence electrons. The Morgan fingerprint density at radius 3 is 2.68 bits per heavy atom. The first-order chi connectivity index (χ1) is 18.4. The molecule has 0 aliphatic carbocycles. The number of nitrogens with one attached hydrogen (secondary N) is 1. The largest absolute Gasteiger partial charge is 0.508 e. The molecule has 0 spiro atoms. The summed E-state index contributed by atoms with van der Waals surface area (Å²) in [5.74, 6) is -0.381. The van der Waals surface area contributed by atoms with Crippen LogP contribution in [0.2, 0.25) is 0 Å². The lowest BCUT2D eigenvalue weighted by atomic mass is 9.96. The van der Waals surface area contributed by atoms with Crippen LogP contribution in [0, 0.1) is 24.1 Å². The van der Waals surface area contributed by atoms with Gasteiger partial charge in [0, 0.05) is 25.8 Å². The number of nitriles is 1. The zero-order valence-electron chi connectivity index (χ0n) is 21.0. The number of carbonyl (C=O) groups is 1. The third-order valence-corrected chi connectivity index (χ3v) is 6.93. The number of aryl methyl sites for hydroxylation is 1. The van der Waals surface area contributed by atoms with Crippen LogP contribution in [0.3, 0.4) is 0 Å². The third kappa shape index (κ3) is 5.29. The Bertz CT molecular complexity index is 1460. The van der Waals surface area contributed by atoms with Crippen molar-refractivity contribution in [3.05, 3.63) is 119 Å². The molecule has 38 heavy (non-hydrogen) atoms. The molecule has 8 heteroatoms. The van der Waals surface area contributed by atoms with Crippen LogP contribution in [0.15, 0.2) is 79.3 Å². The summed E-state index contributed by atoms with van der Waals surface area (Å²) < 4.78 is 15.9. The minimum absolute atomic E-state index is 0.0000719. The van der Waals surface area contributed by atoms with E-state index in [0.29, 0.717) is 26.1 Å². The van der Waals surface area contributed by atoms with Crippen LogP contribution in [0.25, 0.3) is 0 Å². The maximum atomic E-state index is 14.1. The van der Waals surface area contributed by atoms with E-state index in [4.69, 9.17) is 5.26 Å². The summed E-state index contributed by atoms with van der Waals surface area (Å²) in [4.78, 5) is 19.7. The van der Waals surface area contributed by atoms with Crippen LogP contribution < -0.4 is 5.32 Å². The fourth-order valence-electron chi connectivity index (χ4n) is 5.04. The molecule has 1 amide bonds. The van der Waals surface area contributed by atoms with Crippen molar-refractivity contribution in [1.82, 2.24) is 19.8 Å². The Morgan fingerprint density at radius 2 is 1.95 bits per heavy atom. The van der Waals surface area contributed by atoms with Crippen molar-refractivity contribution in [3.63, 3.8) is 0 Å². The molecule has 2 N–H and O–H groups in total. The van der Waals surface area contributed by atoms with Gasteiger partial charge in [-0.1, -0.05) is 48.0 Å². The fourth-order valence-corrected chi connectivity index (χ4v) is 5.04. The number of nitrogens with zero attached hydrogens (tertiary/aromatic N) is 4. The third-order valence-electron chi connectivity index (χ3n) is 6.93. The van der Waals surface area contributed by atoms with E-state index in [1.54, 1.807) is 36.8 Å². The molecule has 0 saturated carbocycles. The molecule has 5 rings (SSSR count). The van der Waals surface area contributed by atoms with Gasteiger partial charge in [0.05, 0.1) is 29.7 Å². The number of phenols is 1. The van der Waals surface area contributed by atoms with E-state index >= 15 is 0 Å². The summed E-state index contributed by atoms with van der Waals surface area (Å²) >= 11 is 0. The summed E-state index contributed by atoms with van der Waals surface area (Å²) in [6, 6.07) is 20.9. The van der Waals surface area contributed by atoms with Gasteiger partial charge < -0.3 is 19.9 Å². The van der Waals surface area contributed by atoms with E-state index in [2.05, 4.69) is 16.4 Å². The van der Waals surface area contributed by atoms with Crippen molar-refractivity contribution >= 4 is 5.91 Å². The number of carbonyl (C=O) groups excluding carboxylic acids is 1. The topological polar surface area (TPSA) is 94.2 Å². The molecule has 7 nitrogen and oxygen atoms in total. The Kier molecular flexibility index (Phi) is 7.20. The lowest BCUT2D eigenvalue weighted by Gasteiger charge is -2.29. The van der Waals surface area contributed by atoms with Gasteiger partial charge in [-0.2, -0.15) is 5.26 Å². The number of aromatic nitrogens is 2. The maximum Gasteiger partial charge on any atom is 0.240 e. The number of hydrogen-bond acceptors (Lipinski definition) is 5. The SMILES string of the molecule is Cc1cccc(C(c2cccc(O)c2)N2CC[C@H](NCc3cncn3Cc3ccc(C#N)c(F)c3)C2=O)c1. The number of phenolic OH excluding ortho intramolecular Hbond substituents is 1. The number of rotatable bonds is 8. The highest BCUT2D eigenvalue weighted by atomic mass is 19.1. The molecule has 0 radical (unpaired) electrons. The van der Waals surface area contributed by atoms with Gasteiger partial charge in [-0.05, 0) is 54.3 Å². The Morgan fingerprint density at radius 1 is 1.16 bits per heavy atom. The van der Waals surface area contributed by atoms with E-state index in [-0.39, 0.29) is 29.3 Å². The van der Waals surface area contributed by atoms with Crippen molar-refractivity contribution in [3.8, 4) is 11.8 Å². The number of likely N-dealkylation sites (tertiary alicyclic amines) is 1. The maximum absolute atomic E-state index is 14.1. The van der Waals surface area contributed by atoms with Crippen molar-refractivity contribution < 1.29 is 14.3 Å². The van der Waals surface area contributed by atoms with Gasteiger partial charge in [0.25, 0.3) is 0 Å². The second-order valence-corrected chi connectivity index (χ2v) is 9.60. The minimum Gasteiger partial charge on any atom is -0.508 e. The van der Waals surface area contributed by atoms with Crippen LogP contribution in [0.1, 0.15) is 46.0 Å². The van der Waals surface area contributed by atoms with E-state index < -0.39 is 5.82 Å². The lowest BCUT2D eigenvalue weighted by molar-refractivity contribution is -0.130. The number of aromatic hydroxyl groups is 1. The Labute approximate surface area is 220 Å². The molecule has 2 heterocycles. The van der Waals surface area contributed by atoms with E-state index in [1.807, 2.05) is 46.7 Å². The first-order valence-electron chi connectivity index (χ1n) is 12.5. The van der Waals surface area contributed by atoms with Crippen LogP contribution in [0.5, 0.6) is 5.75 Å². The minimum atomic E-state index is -0.545. The zero-order chi connectivity index (χ0) is 26.6. The number of halogens is 1. The van der Waals surface area contributed by atoms with Crippen LogP contribution >= 0.6 is 0 Å². The molecule has 3 aromatic carbocycles. The highest BCUT2D eigenvalue weighted by molar-refractivity contribution is 5.85. The second kappa shape index (κ2) is 10.9. The summed E-state index contributed by atoms with van der Waals surface area (Å²) in [5, 5.41) is 22.5. The quantitative estimate of drug-likeness (QED) is 0.366. The van der Waals surface area contributed by atoms with Crippen molar-refractivity contribution in [1.29, 1.82) is 5.26 Å². The number of hydrogen-bond donors (Lipinski definition) is 2. The summed E-state index contributed by atoms with van der Waals surface area (Å²) in [7, 11) is 0. The molecule has 0 bridgehead atoms. The summed E-state index contributed by atoms with van der Waals surface area (Å²) in [6.45, 7) is 3.42. The summed E-state index contributed by atoms with van der Waals surface area (Å²) in [6.07, 6.45) is 4.05. The standard InChI is InChI=1S/C30H28FN5O2/c1-20-4-2-5-22(12-20)29(23-6-3-7-26(37)14-23)36-11-10-28(30(36)38)34-17-25-16-33-19-35(25)18-21-8-9-24(15-32)27(31)13-21/h2-9,12-14,16,19,28-29,34,37H,10-11,17-18H2,1H3/t28-,29?/m0/s1. The van der Waals surface area contributed by atoms with E-state index in [9.17, 15) is 14.3 Å². The van der Waals surface area contributed by atoms with Gasteiger partial charge in [0.2, 0.25) is 5.91 Å². The Balaban J connectivity index is 1.31. The van der Waals surface area contributed by atoms with Gasteiger partial charge >= 0.3 is 0 Å². The molecule has 2 atom stereocenters. The van der Waals surface area contributed by atoms with Crippen LogP contribution in [0.4, 0.5) is 4.39 Å². The second-order valence-electron chi connectivity index (χ2n) is 9.60. The van der Waals surface area contributed by atoms with E-state index in [0.717, 1.165) is 27.9 Å². The number of benzene rings is 3. The molecule has 4 aromatic rings. The smallest absolute Gasteiger partial charge is 0.240 e. The van der Waals surface area contributed by atoms with Crippen LogP contribution in [-0.4, -0.2) is 38.1 Å². The average molecular weight is 510 g/mol. The zero-order valence-corrected chi connectivity index (χ0v) is 21.0. The predicted octanol–water partition coefficient (Wildman–Crippen LogP) is 4.44. The molecule has 1 fully saturated rings. The number of amides is 1. The monoisotopic (exact) mass is 509 g/mol. The van der Waals surface area contributed by atoms with Gasteiger partial charge in [-0.15, -0.1) is 0 Å². The van der Waals surface area contributed by atoms with Crippen molar-refractivity contribution in [2.24, 2.45) is 0 Å². The summed E-state index contributed by atoms with van der Waals surface area (Å²) in [5.41, 5.74) is 4.56. The Hall–Kier alpha value is -4.48. The highest BCUT2D eigenvalue weighted by Crippen LogP contribution is 2.34. The average Bonchev–Trinajstić information content (AvgIpc) is 3.49. The molecular formula is C30H28FN5O2. The number of imidazole rings is 1. The molecule has 1 aromatic heterocycles. The van der Waals surface area contributed by atoms with Gasteiger partial charge in [0.15, 0.2) is 0 Å². The normalized spacial score (nSPS) is 16.0. The molecule has 1 aliphatic heterocycles. The van der Waals surface area contributed by atoms with Crippen molar-refractivity contribution in [2.45, 2.75) is 38.5 Å². The lowest BCUT2D eigenvalue weighted by Crippen LogP contribution is -2.40. The van der Waals surface area contributed by atoms with Gasteiger partial charge in [-0.3, -0.25) is 4.79 Å². The fraction of sp³-hybridized carbons (Fsp3) is 0.233.